The van der Waals surface area contributed by atoms with Crippen LogP contribution in [-0.2, 0) is 24.3 Å². The lowest BCUT2D eigenvalue weighted by Gasteiger charge is -2.24. The van der Waals surface area contributed by atoms with E-state index >= 15 is 0 Å². The lowest BCUT2D eigenvalue weighted by atomic mass is 10.1. The molecule has 0 saturated carbocycles. The van der Waals surface area contributed by atoms with E-state index in [-0.39, 0.29) is 18.0 Å². The topological polar surface area (TPSA) is 53.6 Å². The number of nitrogens with zero attached hydrogens (tertiary/aromatic N) is 1. The zero-order valence-corrected chi connectivity index (χ0v) is 20.3. The van der Waals surface area contributed by atoms with Gasteiger partial charge in [0.05, 0.1) is 13.2 Å². The minimum Gasteiger partial charge on any atom is -0.497 e. The molecular formula is C28H32ClN3O2. The van der Waals surface area contributed by atoms with Gasteiger partial charge in [0.15, 0.2) is 0 Å². The van der Waals surface area contributed by atoms with Gasteiger partial charge in [0.2, 0.25) is 5.91 Å². The van der Waals surface area contributed by atoms with Gasteiger partial charge in [-0.15, -0.1) is 0 Å². The van der Waals surface area contributed by atoms with Gasteiger partial charge in [-0.3, -0.25) is 9.69 Å². The summed E-state index contributed by atoms with van der Waals surface area (Å²) in [4.78, 5) is 15.4. The molecule has 1 fully saturated rings. The maximum atomic E-state index is 13.2. The molecule has 5 nitrogen and oxygen atoms in total. The highest BCUT2D eigenvalue weighted by Gasteiger charge is 2.36. The van der Waals surface area contributed by atoms with Crippen LogP contribution in [0.2, 0.25) is 5.02 Å². The van der Waals surface area contributed by atoms with Crippen LogP contribution < -0.4 is 15.4 Å². The maximum Gasteiger partial charge on any atom is 0.237 e. The molecule has 0 aliphatic carbocycles. The first kappa shape index (κ1) is 24.3. The fourth-order valence-electron chi connectivity index (χ4n) is 4.44. The molecule has 1 aliphatic heterocycles. The fourth-order valence-corrected chi connectivity index (χ4v) is 4.64. The summed E-state index contributed by atoms with van der Waals surface area (Å²) in [5, 5.41) is 7.53. The van der Waals surface area contributed by atoms with Crippen LogP contribution in [0.1, 0.15) is 23.1 Å². The van der Waals surface area contributed by atoms with Crippen molar-refractivity contribution in [1.82, 2.24) is 15.5 Å². The molecule has 6 heteroatoms. The smallest absolute Gasteiger partial charge is 0.237 e. The number of likely N-dealkylation sites (tertiary alicyclic amines) is 1. The zero-order valence-electron chi connectivity index (χ0n) is 19.5. The third kappa shape index (κ3) is 6.60. The monoisotopic (exact) mass is 477 g/mol. The normalized spacial score (nSPS) is 18.1. The van der Waals surface area contributed by atoms with Crippen LogP contribution in [-0.4, -0.2) is 43.1 Å². The largest absolute Gasteiger partial charge is 0.497 e. The number of halogens is 1. The van der Waals surface area contributed by atoms with Gasteiger partial charge < -0.3 is 15.4 Å². The third-order valence-electron chi connectivity index (χ3n) is 6.35. The second-order valence-electron chi connectivity index (χ2n) is 8.72. The van der Waals surface area contributed by atoms with Crippen molar-refractivity contribution in [2.24, 2.45) is 0 Å². The van der Waals surface area contributed by atoms with E-state index in [4.69, 9.17) is 16.3 Å². The second-order valence-corrected chi connectivity index (χ2v) is 9.13. The summed E-state index contributed by atoms with van der Waals surface area (Å²) in [6.45, 7) is 2.81. The number of methoxy groups -OCH3 is 1. The Labute approximate surface area is 207 Å². The van der Waals surface area contributed by atoms with E-state index in [9.17, 15) is 4.79 Å². The van der Waals surface area contributed by atoms with E-state index in [1.807, 2.05) is 54.6 Å². The SMILES string of the molecule is COc1ccc(CN[C@H]2C[C@@H](C(=O)NCCc3ccccc3)N(Cc3ccccc3Cl)C2)cc1. The van der Waals surface area contributed by atoms with Crippen LogP contribution in [0.4, 0.5) is 0 Å². The van der Waals surface area contributed by atoms with E-state index < -0.39 is 0 Å². The number of ether oxygens (including phenoxy) is 1. The first-order valence-electron chi connectivity index (χ1n) is 11.8. The molecule has 0 unspecified atom stereocenters. The quantitative estimate of drug-likeness (QED) is 0.453. The number of nitrogens with one attached hydrogen (secondary N) is 2. The number of amides is 1. The van der Waals surface area contributed by atoms with Crippen molar-refractivity contribution in [1.29, 1.82) is 0 Å². The molecule has 2 atom stereocenters. The van der Waals surface area contributed by atoms with Crippen molar-refractivity contribution in [2.75, 3.05) is 20.2 Å². The molecule has 178 valence electrons. The van der Waals surface area contributed by atoms with Crippen LogP contribution in [0.25, 0.3) is 0 Å². The highest BCUT2D eigenvalue weighted by molar-refractivity contribution is 6.31. The molecule has 2 N–H and O–H groups in total. The molecule has 34 heavy (non-hydrogen) atoms. The number of rotatable bonds is 10. The minimum atomic E-state index is -0.194. The molecule has 0 aromatic heterocycles. The molecule has 1 saturated heterocycles. The van der Waals surface area contributed by atoms with Crippen LogP contribution >= 0.6 is 11.6 Å². The highest BCUT2D eigenvalue weighted by Crippen LogP contribution is 2.25. The third-order valence-corrected chi connectivity index (χ3v) is 6.72. The molecule has 1 amide bonds. The number of carbonyl (C=O) groups excluding carboxylic acids is 1. The van der Waals surface area contributed by atoms with Crippen molar-refractivity contribution in [3.05, 3.63) is 101 Å². The van der Waals surface area contributed by atoms with Crippen molar-refractivity contribution >= 4 is 17.5 Å². The summed E-state index contributed by atoms with van der Waals surface area (Å²) < 4.78 is 5.25. The Balaban J connectivity index is 1.38. The van der Waals surface area contributed by atoms with Gasteiger partial charge in [-0.05, 0) is 47.7 Å². The van der Waals surface area contributed by atoms with Gasteiger partial charge in [0, 0.05) is 37.2 Å². The van der Waals surface area contributed by atoms with Crippen molar-refractivity contribution in [3.63, 3.8) is 0 Å². The molecular weight excluding hydrogens is 446 g/mol. The Morgan fingerprint density at radius 3 is 2.47 bits per heavy atom. The van der Waals surface area contributed by atoms with Gasteiger partial charge >= 0.3 is 0 Å². The van der Waals surface area contributed by atoms with Crippen LogP contribution in [0.5, 0.6) is 5.75 Å². The second kappa shape index (κ2) is 12.0. The lowest BCUT2D eigenvalue weighted by molar-refractivity contribution is -0.125. The highest BCUT2D eigenvalue weighted by atomic mass is 35.5. The molecule has 1 aliphatic rings. The van der Waals surface area contributed by atoms with Crippen LogP contribution in [0, 0.1) is 0 Å². The minimum absolute atomic E-state index is 0.0803. The summed E-state index contributed by atoms with van der Waals surface area (Å²) in [7, 11) is 1.67. The number of hydrogen-bond donors (Lipinski definition) is 2. The zero-order chi connectivity index (χ0) is 23.8. The van der Waals surface area contributed by atoms with Gasteiger partial charge in [0.25, 0.3) is 0 Å². The predicted octanol–water partition coefficient (Wildman–Crippen LogP) is 4.44. The Kier molecular flexibility index (Phi) is 8.58. The lowest BCUT2D eigenvalue weighted by Crippen LogP contribution is -2.43. The van der Waals surface area contributed by atoms with E-state index in [0.29, 0.717) is 13.1 Å². The van der Waals surface area contributed by atoms with Crippen molar-refractivity contribution in [3.8, 4) is 5.75 Å². The average Bonchev–Trinajstić information content (AvgIpc) is 3.28. The molecule has 4 rings (SSSR count). The van der Waals surface area contributed by atoms with E-state index in [1.165, 1.54) is 11.1 Å². The summed E-state index contributed by atoms with van der Waals surface area (Å²) in [6.07, 6.45) is 1.58. The summed E-state index contributed by atoms with van der Waals surface area (Å²) in [5.41, 5.74) is 3.46. The molecule has 1 heterocycles. The fraction of sp³-hybridized carbons (Fsp3) is 0.321. The summed E-state index contributed by atoms with van der Waals surface area (Å²) in [5.74, 6) is 0.930. The van der Waals surface area contributed by atoms with Crippen LogP contribution in [0.15, 0.2) is 78.9 Å². The van der Waals surface area contributed by atoms with Crippen molar-refractivity contribution < 1.29 is 9.53 Å². The number of benzene rings is 3. The average molecular weight is 478 g/mol. The van der Waals surface area contributed by atoms with Crippen LogP contribution in [0.3, 0.4) is 0 Å². The van der Waals surface area contributed by atoms with Gasteiger partial charge in [0.1, 0.15) is 5.75 Å². The molecule has 0 spiro atoms. The number of carbonyl (C=O) groups is 1. The Morgan fingerprint density at radius 1 is 1.00 bits per heavy atom. The first-order chi connectivity index (χ1) is 16.6. The predicted molar refractivity (Wildman–Crippen MR) is 137 cm³/mol. The molecule has 0 radical (unpaired) electrons. The number of hydrogen-bond acceptors (Lipinski definition) is 4. The molecule has 0 bridgehead atoms. The Hall–Kier alpha value is -2.86. The Bertz CT molecular complexity index is 1060. The maximum absolute atomic E-state index is 13.2. The van der Waals surface area contributed by atoms with Gasteiger partial charge in [-0.25, -0.2) is 0 Å². The summed E-state index contributed by atoms with van der Waals surface area (Å²) in [6, 6.07) is 26.2. The van der Waals surface area contributed by atoms with E-state index in [0.717, 1.165) is 42.3 Å². The Morgan fingerprint density at radius 2 is 1.74 bits per heavy atom. The first-order valence-corrected chi connectivity index (χ1v) is 12.2. The van der Waals surface area contributed by atoms with E-state index in [2.05, 4.69) is 39.8 Å². The molecule has 3 aromatic rings. The summed E-state index contributed by atoms with van der Waals surface area (Å²) >= 11 is 6.43. The standard InChI is InChI=1S/C28H32ClN3O2/c1-34-25-13-11-22(12-14-25)18-31-24-17-27(28(33)30-16-15-21-7-3-2-4-8-21)32(20-24)19-23-9-5-6-10-26(23)29/h2-14,24,27,31H,15-20H2,1H3,(H,30,33)/t24-,27-/m0/s1. The van der Waals surface area contributed by atoms with Crippen molar-refractivity contribution in [2.45, 2.75) is 38.0 Å². The van der Waals surface area contributed by atoms with E-state index in [1.54, 1.807) is 7.11 Å². The molecule has 3 aromatic carbocycles. The van der Waals surface area contributed by atoms with Gasteiger partial charge in [-0.1, -0.05) is 72.3 Å². The van der Waals surface area contributed by atoms with Gasteiger partial charge in [-0.2, -0.15) is 0 Å².